The van der Waals surface area contributed by atoms with Crippen LogP contribution in [0.15, 0.2) is 30.3 Å². The van der Waals surface area contributed by atoms with E-state index in [1.165, 1.54) is 5.56 Å². The molecule has 4 nitrogen and oxygen atoms in total. The number of carbonyl (C=O) groups is 2. The SMILES string of the molecule is CC1CN(C(=O)CSCc2ccccc2)CC1C(=O)O. The van der Waals surface area contributed by atoms with Crippen LogP contribution in [-0.2, 0) is 15.3 Å². The van der Waals surface area contributed by atoms with Crippen molar-refractivity contribution in [3.05, 3.63) is 35.9 Å². The maximum Gasteiger partial charge on any atom is 0.308 e. The van der Waals surface area contributed by atoms with E-state index in [0.717, 1.165) is 5.75 Å². The van der Waals surface area contributed by atoms with E-state index in [2.05, 4.69) is 0 Å². The molecule has 2 rings (SSSR count). The highest BCUT2D eigenvalue weighted by Crippen LogP contribution is 2.24. The van der Waals surface area contributed by atoms with Gasteiger partial charge in [0.1, 0.15) is 0 Å². The molecule has 2 atom stereocenters. The summed E-state index contributed by atoms with van der Waals surface area (Å²) in [5.41, 5.74) is 1.20. The lowest BCUT2D eigenvalue weighted by atomic mass is 9.99. The molecule has 1 heterocycles. The van der Waals surface area contributed by atoms with E-state index in [4.69, 9.17) is 5.11 Å². The van der Waals surface area contributed by atoms with E-state index in [-0.39, 0.29) is 11.8 Å². The Bertz CT molecular complexity index is 477. The van der Waals surface area contributed by atoms with E-state index in [1.54, 1.807) is 16.7 Å². The molecule has 1 N–H and O–H groups in total. The molecule has 1 aromatic carbocycles. The summed E-state index contributed by atoms with van der Waals surface area (Å²) < 4.78 is 0. The quantitative estimate of drug-likeness (QED) is 0.903. The molecule has 1 amide bonds. The molecule has 0 aromatic heterocycles. The summed E-state index contributed by atoms with van der Waals surface area (Å²) in [5.74, 6) is 0.0756. The third-order valence-electron chi connectivity index (χ3n) is 3.62. The van der Waals surface area contributed by atoms with Crippen LogP contribution < -0.4 is 0 Å². The van der Waals surface area contributed by atoms with E-state index in [9.17, 15) is 9.59 Å². The number of carbonyl (C=O) groups excluding carboxylic acids is 1. The maximum atomic E-state index is 12.1. The van der Waals surface area contributed by atoms with Gasteiger partial charge in [-0.2, -0.15) is 0 Å². The number of rotatable bonds is 5. The van der Waals surface area contributed by atoms with Gasteiger partial charge in [0.25, 0.3) is 0 Å². The number of carboxylic acids is 1. The van der Waals surface area contributed by atoms with Crippen molar-refractivity contribution < 1.29 is 14.7 Å². The van der Waals surface area contributed by atoms with Crippen LogP contribution >= 0.6 is 11.8 Å². The molecule has 0 saturated carbocycles. The van der Waals surface area contributed by atoms with Gasteiger partial charge in [-0.1, -0.05) is 37.3 Å². The van der Waals surface area contributed by atoms with Gasteiger partial charge in [-0.25, -0.2) is 0 Å². The summed E-state index contributed by atoms with van der Waals surface area (Å²) in [6, 6.07) is 10.0. The van der Waals surface area contributed by atoms with Gasteiger partial charge in [-0.3, -0.25) is 9.59 Å². The standard InChI is InChI=1S/C15H19NO3S/c1-11-7-16(8-13(11)15(18)19)14(17)10-20-9-12-5-3-2-4-6-12/h2-6,11,13H,7-10H2,1H3,(H,18,19). The van der Waals surface area contributed by atoms with Crippen molar-refractivity contribution >= 4 is 23.6 Å². The van der Waals surface area contributed by atoms with Crippen molar-refractivity contribution in [2.45, 2.75) is 12.7 Å². The van der Waals surface area contributed by atoms with Crippen LogP contribution in [0.3, 0.4) is 0 Å². The average molecular weight is 293 g/mol. The zero-order valence-corrected chi connectivity index (χ0v) is 12.3. The van der Waals surface area contributed by atoms with Crippen molar-refractivity contribution in [2.24, 2.45) is 11.8 Å². The largest absolute Gasteiger partial charge is 0.481 e. The molecule has 0 aliphatic carbocycles. The number of amides is 1. The second-order valence-electron chi connectivity index (χ2n) is 5.20. The molecule has 20 heavy (non-hydrogen) atoms. The Morgan fingerprint density at radius 2 is 2.00 bits per heavy atom. The highest BCUT2D eigenvalue weighted by molar-refractivity contribution is 7.99. The second-order valence-corrected chi connectivity index (χ2v) is 6.18. The predicted octanol–water partition coefficient (Wildman–Crippen LogP) is 2.10. The maximum absolute atomic E-state index is 12.1. The molecular weight excluding hydrogens is 274 g/mol. The van der Waals surface area contributed by atoms with Crippen molar-refractivity contribution in [3.8, 4) is 0 Å². The lowest BCUT2D eigenvalue weighted by Crippen LogP contribution is -2.31. The second kappa shape index (κ2) is 6.79. The van der Waals surface area contributed by atoms with Crippen molar-refractivity contribution in [2.75, 3.05) is 18.8 Å². The van der Waals surface area contributed by atoms with Gasteiger partial charge in [0.2, 0.25) is 5.91 Å². The first-order valence-corrected chi connectivity index (χ1v) is 7.85. The summed E-state index contributed by atoms with van der Waals surface area (Å²) in [7, 11) is 0. The molecule has 1 aliphatic heterocycles. The van der Waals surface area contributed by atoms with Crippen LogP contribution in [0.4, 0.5) is 0 Å². The minimum Gasteiger partial charge on any atom is -0.481 e. The lowest BCUT2D eigenvalue weighted by molar-refractivity contribution is -0.142. The molecule has 1 aliphatic rings. The Hall–Kier alpha value is -1.49. The minimum atomic E-state index is -0.801. The first-order chi connectivity index (χ1) is 9.58. The van der Waals surface area contributed by atoms with E-state index in [1.807, 2.05) is 37.3 Å². The fourth-order valence-electron chi connectivity index (χ4n) is 2.41. The molecule has 5 heteroatoms. The number of hydrogen-bond donors (Lipinski definition) is 1. The number of aliphatic carboxylic acids is 1. The smallest absolute Gasteiger partial charge is 0.308 e. The third-order valence-corrected chi connectivity index (χ3v) is 4.61. The number of carboxylic acid groups (broad SMARTS) is 1. The molecule has 0 spiro atoms. The van der Waals surface area contributed by atoms with Gasteiger partial charge in [0.15, 0.2) is 0 Å². The predicted molar refractivity (Wildman–Crippen MR) is 79.5 cm³/mol. The monoisotopic (exact) mass is 293 g/mol. The Morgan fingerprint density at radius 1 is 1.30 bits per heavy atom. The van der Waals surface area contributed by atoms with Gasteiger partial charge < -0.3 is 10.0 Å². The van der Waals surface area contributed by atoms with Crippen molar-refractivity contribution in [3.63, 3.8) is 0 Å². The number of hydrogen-bond acceptors (Lipinski definition) is 3. The van der Waals surface area contributed by atoms with Crippen LogP contribution in [0.25, 0.3) is 0 Å². The molecule has 0 bridgehead atoms. The number of benzene rings is 1. The number of likely N-dealkylation sites (tertiary alicyclic amines) is 1. The summed E-state index contributed by atoms with van der Waals surface area (Å²) in [6.45, 7) is 2.80. The van der Waals surface area contributed by atoms with Crippen molar-refractivity contribution in [1.82, 2.24) is 4.90 Å². The number of thioether (sulfide) groups is 1. The molecule has 1 fully saturated rings. The average Bonchev–Trinajstić information content (AvgIpc) is 2.82. The summed E-state index contributed by atoms with van der Waals surface area (Å²) in [4.78, 5) is 24.8. The first kappa shape index (κ1) is 14.9. The molecule has 1 aromatic rings. The zero-order valence-electron chi connectivity index (χ0n) is 11.5. The first-order valence-electron chi connectivity index (χ1n) is 6.70. The highest BCUT2D eigenvalue weighted by atomic mass is 32.2. The van der Waals surface area contributed by atoms with Crippen LogP contribution in [0, 0.1) is 11.8 Å². The normalized spacial score (nSPS) is 21.9. The Kier molecular flexibility index (Phi) is 5.06. The zero-order chi connectivity index (χ0) is 14.5. The van der Waals surface area contributed by atoms with Gasteiger partial charge >= 0.3 is 5.97 Å². The van der Waals surface area contributed by atoms with E-state index < -0.39 is 11.9 Å². The highest BCUT2D eigenvalue weighted by Gasteiger charge is 2.36. The fraction of sp³-hybridized carbons (Fsp3) is 0.467. The molecule has 1 saturated heterocycles. The fourth-order valence-corrected chi connectivity index (χ4v) is 3.30. The lowest BCUT2D eigenvalue weighted by Gasteiger charge is -2.15. The van der Waals surface area contributed by atoms with Gasteiger partial charge in [-0.05, 0) is 11.5 Å². The molecular formula is C15H19NO3S. The van der Waals surface area contributed by atoms with Gasteiger partial charge in [0.05, 0.1) is 11.7 Å². The third kappa shape index (κ3) is 3.76. The Balaban J connectivity index is 1.77. The van der Waals surface area contributed by atoms with Crippen LogP contribution in [0.5, 0.6) is 0 Å². The summed E-state index contributed by atoms with van der Waals surface area (Å²) >= 11 is 1.57. The van der Waals surface area contributed by atoms with Crippen LogP contribution in [-0.4, -0.2) is 40.7 Å². The van der Waals surface area contributed by atoms with Crippen molar-refractivity contribution in [1.29, 1.82) is 0 Å². The minimum absolute atomic E-state index is 0.0376. The van der Waals surface area contributed by atoms with Crippen LogP contribution in [0.2, 0.25) is 0 Å². The summed E-state index contributed by atoms with van der Waals surface area (Å²) in [6.07, 6.45) is 0. The van der Waals surface area contributed by atoms with E-state index in [0.29, 0.717) is 18.8 Å². The molecule has 108 valence electrons. The Labute approximate surface area is 123 Å². The number of nitrogens with zero attached hydrogens (tertiary/aromatic N) is 1. The van der Waals surface area contributed by atoms with Crippen LogP contribution in [0.1, 0.15) is 12.5 Å². The Morgan fingerprint density at radius 3 is 2.60 bits per heavy atom. The topological polar surface area (TPSA) is 57.6 Å². The molecule has 0 radical (unpaired) electrons. The van der Waals surface area contributed by atoms with E-state index >= 15 is 0 Å². The van der Waals surface area contributed by atoms with Gasteiger partial charge in [-0.15, -0.1) is 11.8 Å². The van der Waals surface area contributed by atoms with Gasteiger partial charge in [0, 0.05) is 18.8 Å². The summed E-state index contributed by atoms with van der Waals surface area (Å²) in [5, 5.41) is 9.06. The molecule has 2 unspecified atom stereocenters.